The molecule has 0 bridgehead atoms. The van der Waals surface area contributed by atoms with E-state index >= 15 is 4.39 Å². The number of nitrogens with two attached hydrogens (primary N) is 1. The molecule has 1 atom stereocenters. The molecule has 212 valence electrons. The van der Waals surface area contributed by atoms with Gasteiger partial charge in [0, 0.05) is 29.3 Å². The molecular formula is C30H31F4N3O3. The minimum atomic E-state index is -1.54. The topological polar surface area (TPSA) is 88.7 Å². The van der Waals surface area contributed by atoms with Crippen LogP contribution in [0.15, 0.2) is 36.5 Å². The summed E-state index contributed by atoms with van der Waals surface area (Å²) in [5.74, 6) is 0.972. The molecule has 40 heavy (non-hydrogen) atoms. The molecule has 1 aliphatic heterocycles. The van der Waals surface area contributed by atoms with E-state index in [1.807, 2.05) is 4.90 Å². The molecule has 0 amide bonds. The van der Waals surface area contributed by atoms with Crippen molar-refractivity contribution in [3.8, 4) is 17.6 Å². The number of fused-ring (bicyclic) bond motifs is 1. The SMILES string of the molecule is COc1ccc2ncc(CN)c(C(F)CCC3(CC(=O)O)CCN(CC#Cc4cc(F)c(F)c(F)c4)CC3)c2c1. The van der Waals surface area contributed by atoms with Gasteiger partial charge in [-0.2, -0.15) is 0 Å². The van der Waals surface area contributed by atoms with Crippen molar-refractivity contribution in [2.45, 2.75) is 44.8 Å². The highest BCUT2D eigenvalue weighted by molar-refractivity contribution is 5.85. The van der Waals surface area contributed by atoms with Gasteiger partial charge in [-0.1, -0.05) is 11.8 Å². The summed E-state index contributed by atoms with van der Waals surface area (Å²) in [5, 5.41) is 10.3. The second-order valence-corrected chi connectivity index (χ2v) is 10.2. The van der Waals surface area contributed by atoms with Crippen LogP contribution in [-0.2, 0) is 11.3 Å². The summed E-state index contributed by atoms with van der Waals surface area (Å²) in [6.45, 7) is 1.48. The van der Waals surface area contributed by atoms with E-state index in [0.717, 1.165) is 12.1 Å². The number of carboxylic acid groups (broad SMARTS) is 1. The van der Waals surface area contributed by atoms with Crippen molar-refractivity contribution in [1.29, 1.82) is 0 Å². The van der Waals surface area contributed by atoms with Crippen molar-refractivity contribution in [2.24, 2.45) is 11.1 Å². The summed E-state index contributed by atoms with van der Waals surface area (Å²) in [5.41, 5.74) is 7.02. The lowest BCUT2D eigenvalue weighted by Gasteiger charge is -2.41. The fourth-order valence-corrected chi connectivity index (χ4v) is 5.37. The van der Waals surface area contributed by atoms with Gasteiger partial charge in [-0.05, 0) is 80.1 Å². The number of ether oxygens (including phenoxy) is 1. The highest BCUT2D eigenvalue weighted by Gasteiger charge is 2.37. The van der Waals surface area contributed by atoms with E-state index in [4.69, 9.17) is 10.5 Å². The van der Waals surface area contributed by atoms with Crippen LogP contribution >= 0.6 is 0 Å². The number of hydrogen-bond acceptors (Lipinski definition) is 5. The van der Waals surface area contributed by atoms with Crippen molar-refractivity contribution in [3.63, 3.8) is 0 Å². The Kier molecular flexibility index (Phi) is 9.28. The third-order valence-electron chi connectivity index (χ3n) is 7.62. The number of nitrogens with zero attached hydrogens (tertiary/aromatic N) is 2. The van der Waals surface area contributed by atoms with Crippen molar-refractivity contribution >= 4 is 16.9 Å². The molecule has 0 aliphatic carbocycles. The number of aromatic nitrogens is 1. The van der Waals surface area contributed by atoms with E-state index in [1.54, 1.807) is 24.4 Å². The van der Waals surface area contributed by atoms with E-state index in [-0.39, 0.29) is 24.9 Å². The average molecular weight is 558 g/mol. The first kappa shape index (κ1) is 29.3. The van der Waals surface area contributed by atoms with Gasteiger partial charge in [0.1, 0.15) is 11.9 Å². The average Bonchev–Trinajstić information content (AvgIpc) is 2.94. The lowest BCUT2D eigenvalue weighted by Crippen LogP contribution is -2.41. The Labute approximate surface area is 230 Å². The molecule has 3 N–H and O–H groups in total. The van der Waals surface area contributed by atoms with Crippen LogP contribution in [0.4, 0.5) is 17.6 Å². The Hall–Kier alpha value is -3.68. The molecule has 10 heteroatoms. The maximum absolute atomic E-state index is 15.9. The fourth-order valence-electron chi connectivity index (χ4n) is 5.37. The van der Waals surface area contributed by atoms with Crippen LogP contribution in [0.5, 0.6) is 5.75 Å². The van der Waals surface area contributed by atoms with E-state index in [0.29, 0.717) is 66.7 Å². The number of carbonyl (C=O) groups is 1. The van der Waals surface area contributed by atoms with Gasteiger partial charge in [-0.3, -0.25) is 14.7 Å². The van der Waals surface area contributed by atoms with Gasteiger partial charge in [-0.15, -0.1) is 0 Å². The second-order valence-electron chi connectivity index (χ2n) is 10.2. The van der Waals surface area contributed by atoms with Crippen LogP contribution in [0.25, 0.3) is 10.9 Å². The smallest absolute Gasteiger partial charge is 0.303 e. The number of piperidine rings is 1. The van der Waals surface area contributed by atoms with E-state index in [2.05, 4.69) is 16.8 Å². The monoisotopic (exact) mass is 557 g/mol. The Morgan fingerprint density at radius 2 is 1.90 bits per heavy atom. The van der Waals surface area contributed by atoms with E-state index in [1.165, 1.54) is 7.11 Å². The first-order valence-electron chi connectivity index (χ1n) is 13.0. The predicted octanol–water partition coefficient (Wildman–Crippen LogP) is 5.52. The molecule has 3 aromatic rings. The van der Waals surface area contributed by atoms with Gasteiger partial charge in [0.2, 0.25) is 0 Å². The van der Waals surface area contributed by atoms with Gasteiger partial charge in [-0.25, -0.2) is 17.6 Å². The number of rotatable bonds is 9. The van der Waals surface area contributed by atoms with Crippen molar-refractivity contribution in [1.82, 2.24) is 9.88 Å². The first-order valence-corrected chi connectivity index (χ1v) is 13.0. The van der Waals surface area contributed by atoms with Gasteiger partial charge >= 0.3 is 5.97 Å². The lowest BCUT2D eigenvalue weighted by molar-refractivity contribution is -0.141. The second kappa shape index (κ2) is 12.7. The van der Waals surface area contributed by atoms with Crippen LogP contribution in [0.3, 0.4) is 0 Å². The summed E-state index contributed by atoms with van der Waals surface area (Å²) in [6, 6.07) is 6.93. The van der Waals surface area contributed by atoms with E-state index < -0.39 is 35.0 Å². The summed E-state index contributed by atoms with van der Waals surface area (Å²) < 4.78 is 61.2. The molecule has 6 nitrogen and oxygen atoms in total. The number of pyridine rings is 1. The van der Waals surface area contributed by atoms with Crippen LogP contribution in [0.1, 0.15) is 55.0 Å². The van der Waals surface area contributed by atoms with Gasteiger partial charge < -0.3 is 15.6 Å². The highest BCUT2D eigenvalue weighted by Crippen LogP contribution is 2.43. The Balaban J connectivity index is 1.45. The Bertz CT molecular complexity index is 1420. The number of likely N-dealkylation sites (tertiary alicyclic amines) is 1. The molecule has 2 aromatic carbocycles. The van der Waals surface area contributed by atoms with Crippen LogP contribution < -0.4 is 10.5 Å². The summed E-state index contributed by atoms with van der Waals surface area (Å²) >= 11 is 0. The van der Waals surface area contributed by atoms with Gasteiger partial charge in [0.05, 0.1) is 25.6 Å². The minimum absolute atomic E-state index is 0.0284. The number of benzene rings is 2. The largest absolute Gasteiger partial charge is 0.497 e. The normalized spacial score (nSPS) is 15.8. The van der Waals surface area contributed by atoms with Crippen LogP contribution in [-0.4, -0.2) is 47.7 Å². The quantitative estimate of drug-likeness (QED) is 0.205. The molecule has 4 rings (SSSR count). The zero-order chi connectivity index (χ0) is 28.9. The third-order valence-corrected chi connectivity index (χ3v) is 7.62. The maximum atomic E-state index is 15.9. The number of carboxylic acids is 1. The van der Waals surface area contributed by atoms with Crippen LogP contribution in [0, 0.1) is 34.7 Å². The molecule has 0 spiro atoms. The van der Waals surface area contributed by atoms with Gasteiger partial charge in [0.25, 0.3) is 0 Å². The van der Waals surface area contributed by atoms with Crippen LogP contribution in [0.2, 0.25) is 0 Å². The molecule has 1 aromatic heterocycles. The summed E-state index contributed by atoms with van der Waals surface area (Å²) in [6.07, 6.45) is 1.68. The number of alkyl halides is 1. The Morgan fingerprint density at radius 3 is 2.52 bits per heavy atom. The molecule has 1 fully saturated rings. The Morgan fingerprint density at radius 1 is 1.20 bits per heavy atom. The molecule has 0 radical (unpaired) electrons. The number of aliphatic carboxylic acids is 1. The zero-order valence-electron chi connectivity index (χ0n) is 22.2. The standard InChI is InChI=1S/C30H31F4N3O3/c1-40-21-4-5-26-22(15-21)28(20(17-35)18-36-26)23(31)6-7-30(16-27(38)39)8-11-37(12-9-30)10-2-3-19-13-24(32)29(34)25(33)14-19/h4-5,13-15,18,23H,6-12,16-17,35H2,1H3,(H,38,39). The molecule has 0 saturated carbocycles. The number of halogens is 4. The van der Waals surface area contributed by atoms with E-state index in [9.17, 15) is 23.1 Å². The lowest BCUT2D eigenvalue weighted by atomic mass is 9.71. The summed E-state index contributed by atoms with van der Waals surface area (Å²) in [7, 11) is 1.53. The highest BCUT2D eigenvalue weighted by atomic mass is 19.2. The molecular weight excluding hydrogens is 526 g/mol. The molecule has 1 aliphatic rings. The van der Waals surface area contributed by atoms with Crippen molar-refractivity contribution < 1.29 is 32.2 Å². The number of hydrogen-bond donors (Lipinski definition) is 2. The molecule has 1 saturated heterocycles. The maximum Gasteiger partial charge on any atom is 0.303 e. The number of methoxy groups -OCH3 is 1. The van der Waals surface area contributed by atoms with Crippen molar-refractivity contribution in [2.75, 3.05) is 26.7 Å². The van der Waals surface area contributed by atoms with Gasteiger partial charge in [0.15, 0.2) is 17.5 Å². The molecule has 1 unspecified atom stereocenters. The fraction of sp³-hybridized carbons (Fsp3) is 0.400. The first-order chi connectivity index (χ1) is 19.1. The molecule has 2 heterocycles. The minimum Gasteiger partial charge on any atom is -0.497 e. The van der Waals surface area contributed by atoms with Crippen molar-refractivity contribution in [3.05, 3.63) is 70.7 Å². The zero-order valence-corrected chi connectivity index (χ0v) is 22.2. The predicted molar refractivity (Wildman–Crippen MR) is 143 cm³/mol. The summed E-state index contributed by atoms with van der Waals surface area (Å²) in [4.78, 5) is 18.2. The third kappa shape index (κ3) is 6.72.